The van der Waals surface area contributed by atoms with E-state index in [2.05, 4.69) is 10.1 Å². The molecule has 2 aromatic heterocycles. The van der Waals surface area contributed by atoms with E-state index in [1.165, 1.54) is 7.11 Å². The largest absolute Gasteiger partial charge is 0.399 e. The van der Waals surface area contributed by atoms with Gasteiger partial charge >= 0.3 is 0 Å². The lowest BCUT2D eigenvalue weighted by Gasteiger charge is -1.98. The molecule has 5 heteroatoms. The number of hydrogen-bond donors (Lipinski definition) is 0. The number of imidazole rings is 1. The first-order valence-electron chi connectivity index (χ1n) is 5.47. The van der Waals surface area contributed by atoms with Crippen molar-refractivity contribution in [3.63, 3.8) is 0 Å². The lowest BCUT2D eigenvalue weighted by molar-refractivity contribution is 0.215. The fourth-order valence-corrected chi connectivity index (χ4v) is 2.56. The zero-order valence-corrected chi connectivity index (χ0v) is 10.6. The van der Waals surface area contributed by atoms with Crippen molar-refractivity contribution in [1.82, 2.24) is 9.38 Å². The van der Waals surface area contributed by atoms with Crippen molar-refractivity contribution in [2.24, 2.45) is 5.16 Å². The third-order valence-corrected chi connectivity index (χ3v) is 3.38. The Morgan fingerprint density at radius 3 is 2.94 bits per heavy atom. The highest BCUT2D eigenvalue weighted by atomic mass is 32.1. The second-order valence-corrected chi connectivity index (χ2v) is 4.56. The van der Waals surface area contributed by atoms with Crippen LogP contribution in [0.3, 0.4) is 0 Å². The van der Waals surface area contributed by atoms with Crippen molar-refractivity contribution in [1.29, 1.82) is 0 Å². The van der Waals surface area contributed by atoms with E-state index in [0.717, 1.165) is 21.9 Å². The zero-order chi connectivity index (χ0) is 12.4. The highest BCUT2D eigenvalue weighted by molar-refractivity contribution is 7.15. The number of rotatable bonds is 3. The molecule has 4 nitrogen and oxygen atoms in total. The van der Waals surface area contributed by atoms with Crippen LogP contribution in [0.25, 0.3) is 16.2 Å². The molecule has 0 bridgehead atoms. The molecule has 0 saturated carbocycles. The summed E-state index contributed by atoms with van der Waals surface area (Å²) in [4.78, 5) is 10.3. The normalized spacial score (nSPS) is 11.4. The fraction of sp³-hybridized carbons (Fsp3) is 0.0769. The average Bonchev–Trinajstić information content (AvgIpc) is 2.98. The molecule has 0 amide bonds. The lowest BCUT2D eigenvalue weighted by atomic mass is 10.1. The number of thiazole rings is 1. The molecule has 0 aliphatic carbocycles. The van der Waals surface area contributed by atoms with E-state index in [1.807, 2.05) is 46.3 Å². The molecule has 0 N–H and O–H groups in total. The van der Waals surface area contributed by atoms with E-state index in [9.17, 15) is 0 Å². The molecule has 0 saturated heterocycles. The maximum absolute atomic E-state index is 4.76. The third kappa shape index (κ3) is 1.78. The van der Waals surface area contributed by atoms with Crippen molar-refractivity contribution >= 4 is 22.5 Å². The highest BCUT2D eigenvalue weighted by Gasteiger charge is 2.12. The topological polar surface area (TPSA) is 38.9 Å². The number of aromatic nitrogens is 2. The van der Waals surface area contributed by atoms with E-state index < -0.39 is 0 Å². The summed E-state index contributed by atoms with van der Waals surface area (Å²) in [5.74, 6) is 0. The number of nitrogens with zero attached hydrogens (tertiary/aromatic N) is 3. The van der Waals surface area contributed by atoms with Crippen molar-refractivity contribution in [2.75, 3.05) is 7.11 Å². The molecule has 3 rings (SSSR count). The van der Waals surface area contributed by atoms with Gasteiger partial charge in [-0.25, -0.2) is 4.98 Å². The van der Waals surface area contributed by atoms with Gasteiger partial charge in [0.15, 0.2) is 4.96 Å². The lowest BCUT2D eigenvalue weighted by Crippen LogP contribution is -1.91. The Morgan fingerprint density at radius 1 is 1.33 bits per heavy atom. The first kappa shape index (κ1) is 11.0. The van der Waals surface area contributed by atoms with Gasteiger partial charge in [-0.15, -0.1) is 11.3 Å². The summed E-state index contributed by atoms with van der Waals surface area (Å²) >= 11 is 1.60. The van der Waals surface area contributed by atoms with Gasteiger partial charge in [0.1, 0.15) is 7.11 Å². The Kier molecular flexibility index (Phi) is 2.82. The summed E-state index contributed by atoms with van der Waals surface area (Å²) < 4.78 is 2.01. The molecule has 0 radical (unpaired) electrons. The van der Waals surface area contributed by atoms with Crippen molar-refractivity contribution in [3.8, 4) is 11.3 Å². The Labute approximate surface area is 108 Å². The second-order valence-electron chi connectivity index (χ2n) is 3.68. The van der Waals surface area contributed by atoms with Gasteiger partial charge in [-0.1, -0.05) is 35.5 Å². The molecule has 18 heavy (non-hydrogen) atoms. The van der Waals surface area contributed by atoms with Gasteiger partial charge in [0.2, 0.25) is 0 Å². The van der Waals surface area contributed by atoms with Crippen LogP contribution in [-0.2, 0) is 4.84 Å². The van der Waals surface area contributed by atoms with E-state index >= 15 is 0 Å². The van der Waals surface area contributed by atoms with Gasteiger partial charge in [0.25, 0.3) is 0 Å². The van der Waals surface area contributed by atoms with Crippen LogP contribution in [0.1, 0.15) is 5.69 Å². The highest BCUT2D eigenvalue weighted by Crippen LogP contribution is 2.25. The van der Waals surface area contributed by atoms with Gasteiger partial charge < -0.3 is 4.84 Å². The molecule has 0 aliphatic heterocycles. The molecular formula is C13H11N3OS. The second kappa shape index (κ2) is 4.62. The van der Waals surface area contributed by atoms with Crippen LogP contribution >= 0.6 is 11.3 Å². The zero-order valence-electron chi connectivity index (χ0n) is 9.78. The maximum Gasteiger partial charge on any atom is 0.194 e. The van der Waals surface area contributed by atoms with Gasteiger partial charge in [-0.3, -0.25) is 4.40 Å². The first-order valence-corrected chi connectivity index (χ1v) is 6.35. The van der Waals surface area contributed by atoms with Crippen LogP contribution in [0.5, 0.6) is 0 Å². The summed E-state index contributed by atoms with van der Waals surface area (Å²) in [7, 11) is 1.53. The smallest absolute Gasteiger partial charge is 0.194 e. The molecular weight excluding hydrogens is 246 g/mol. The molecule has 90 valence electrons. The maximum atomic E-state index is 4.76. The van der Waals surface area contributed by atoms with Gasteiger partial charge in [0.05, 0.1) is 17.6 Å². The quantitative estimate of drug-likeness (QED) is 0.534. The van der Waals surface area contributed by atoms with Crippen LogP contribution in [0.15, 0.2) is 47.1 Å². The molecule has 0 spiro atoms. The summed E-state index contributed by atoms with van der Waals surface area (Å²) in [5, 5.41) is 5.85. The van der Waals surface area contributed by atoms with Crippen molar-refractivity contribution in [3.05, 3.63) is 47.6 Å². The molecule has 1 aromatic carbocycles. The predicted octanol–water partition coefficient (Wildman–Crippen LogP) is 3.04. The standard InChI is InChI=1S/C13H11N3OS/c1-17-14-9-11-12(10-5-3-2-4-6-10)15-13-16(11)7-8-18-13/h2-9H,1H3. The van der Waals surface area contributed by atoms with Crippen LogP contribution in [-0.4, -0.2) is 22.7 Å². The molecule has 0 aliphatic rings. The molecule has 0 fully saturated rings. The minimum atomic E-state index is 0.920. The number of oxime groups is 1. The monoisotopic (exact) mass is 257 g/mol. The minimum absolute atomic E-state index is 0.920. The Bertz CT molecular complexity index is 685. The Balaban J connectivity index is 2.22. The van der Waals surface area contributed by atoms with E-state index in [-0.39, 0.29) is 0 Å². The van der Waals surface area contributed by atoms with E-state index in [1.54, 1.807) is 17.6 Å². The van der Waals surface area contributed by atoms with Crippen LogP contribution < -0.4 is 0 Å². The third-order valence-electron chi connectivity index (χ3n) is 2.63. The summed E-state index contributed by atoms with van der Waals surface area (Å²) in [6.07, 6.45) is 3.67. The molecule has 2 heterocycles. The fourth-order valence-electron chi connectivity index (χ4n) is 1.84. The number of hydrogen-bond acceptors (Lipinski definition) is 4. The molecule has 0 atom stereocenters. The minimum Gasteiger partial charge on any atom is -0.399 e. The van der Waals surface area contributed by atoms with Gasteiger partial charge in [-0.2, -0.15) is 0 Å². The van der Waals surface area contributed by atoms with E-state index in [0.29, 0.717) is 0 Å². The van der Waals surface area contributed by atoms with Crippen LogP contribution in [0.4, 0.5) is 0 Å². The SMILES string of the molecule is CON=Cc1c(-c2ccccc2)nc2sccn12. The van der Waals surface area contributed by atoms with Crippen LogP contribution in [0, 0.1) is 0 Å². The Hall–Kier alpha value is -2.14. The van der Waals surface area contributed by atoms with Crippen molar-refractivity contribution < 1.29 is 4.84 Å². The van der Waals surface area contributed by atoms with Crippen LogP contribution in [0.2, 0.25) is 0 Å². The van der Waals surface area contributed by atoms with Crippen molar-refractivity contribution in [2.45, 2.75) is 0 Å². The van der Waals surface area contributed by atoms with Gasteiger partial charge in [0, 0.05) is 17.1 Å². The Morgan fingerprint density at radius 2 is 2.17 bits per heavy atom. The molecule has 3 aromatic rings. The number of benzene rings is 1. The van der Waals surface area contributed by atoms with E-state index in [4.69, 9.17) is 4.84 Å². The predicted molar refractivity (Wildman–Crippen MR) is 73.1 cm³/mol. The molecule has 0 unspecified atom stereocenters. The van der Waals surface area contributed by atoms with Gasteiger partial charge in [-0.05, 0) is 0 Å². The number of fused-ring (bicyclic) bond motifs is 1. The first-order chi connectivity index (χ1) is 8.90. The average molecular weight is 257 g/mol. The summed E-state index contributed by atoms with van der Waals surface area (Å²) in [5.41, 5.74) is 2.92. The summed E-state index contributed by atoms with van der Waals surface area (Å²) in [6.45, 7) is 0. The summed E-state index contributed by atoms with van der Waals surface area (Å²) in [6, 6.07) is 10.1.